The van der Waals surface area contributed by atoms with Gasteiger partial charge in [0.2, 0.25) is 0 Å². The van der Waals surface area contributed by atoms with Crippen molar-refractivity contribution in [2.75, 3.05) is 0 Å². The average Bonchev–Trinajstić information content (AvgIpc) is 2.78. The van der Waals surface area contributed by atoms with Crippen molar-refractivity contribution in [2.24, 2.45) is 0 Å². The fourth-order valence-corrected chi connectivity index (χ4v) is 2.49. The van der Waals surface area contributed by atoms with Crippen LogP contribution in [0.5, 0.6) is 0 Å². The van der Waals surface area contributed by atoms with Crippen LogP contribution < -0.4 is 0 Å². The fourth-order valence-electron chi connectivity index (χ4n) is 1.78. The second-order valence-corrected chi connectivity index (χ2v) is 4.88. The van der Waals surface area contributed by atoms with E-state index in [1.54, 1.807) is 11.3 Å². The van der Waals surface area contributed by atoms with Crippen LogP contribution in [-0.2, 0) is 6.42 Å². The Labute approximate surface area is 100 Å². The van der Waals surface area contributed by atoms with Gasteiger partial charge < -0.3 is 5.11 Å². The lowest BCUT2D eigenvalue weighted by molar-refractivity contribution is 0.168. The molecule has 0 aliphatic heterocycles. The summed E-state index contributed by atoms with van der Waals surface area (Å²) in [6.45, 7) is 2.05. The van der Waals surface area contributed by atoms with Gasteiger partial charge >= 0.3 is 0 Å². The summed E-state index contributed by atoms with van der Waals surface area (Å²) < 4.78 is 0. The average molecular weight is 232 g/mol. The van der Waals surface area contributed by atoms with Crippen molar-refractivity contribution >= 4 is 11.3 Å². The van der Waals surface area contributed by atoms with Gasteiger partial charge in [-0.2, -0.15) is 11.3 Å². The second kappa shape index (κ2) is 5.28. The lowest BCUT2D eigenvalue weighted by atomic mass is 10.0. The van der Waals surface area contributed by atoms with Crippen LogP contribution in [0.15, 0.2) is 41.1 Å². The van der Waals surface area contributed by atoms with Gasteiger partial charge in [-0.1, -0.05) is 29.8 Å². The van der Waals surface area contributed by atoms with Crippen molar-refractivity contribution in [2.45, 2.75) is 25.9 Å². The van der Waals surface area contributed by atoms with Crippen LogP contribution in [-0.4, -0.2) is 5.11 Å². The summed E-state index contributed by atoms with van der Waals surface area (Å²) in [5.41, 5.74) is 3.54. The van der Waals surface area contributed by atoms with E-state index in [2.05, 4.69) is 35.9 Å². The van der Waals surface area contributed by atoms with Crippen molar-refractivity contribution in [3.8, 4) is 0 Å². The van der Waals surface area contributed by atoms with Crippen molar-refractivity contribution in [3.05, 3.63) is 57.8 Å². The van der Waals surface area contributed by atoms with E-state index >= 15 is 0 Å². The van der Waals surface area contributed by atoms with E-state index in [0.717, 1.165) is 18.4 Å². The van der Waals surface area contributed by atoms with Crippen molar-refractivity contribution in [3.63, 3.8) is 0 Å². The Kier molecular flexibility index (Phi) is 3.75. The van der Waals surface area contributed by atoms with Gasteiger partial charge in [-0.05, 0) is 47.7 Å². The molecule has 1 aromatic heterocycles. The molecule has 16 heavy (non-hydrogen) atoms. The highest BCUT2D eigenvalue weighted by Gasteiger charge is 2.07. The Balaban J connectivity index is 1.95. The molecule has 0 radical (unpaired) electrons. The van der Waals surface area contributed by atoms with Crippen LogP contribution in [0, 0.1) is 6.92 Å². The molecule has 0 saturated heterocycles. The summed E-state index contributed by atoms with van der Waals surface area (Å²) in [7, 11) is 0. The van der Waals surface area contributed by atoms with Crippen LogP contribution in [0.25, 0.3) is 0 Å². The molecule has 2 heteroatoms. The Morgan fingerprint density at radius 3 is 2.88 bits per heavy atom. The van der Waals surface area contributed by atoms with Crippen LogP contribution in [0.2, 0.25) is 0 Å². The highest BCUT2D eigenvalue weighted by atomic mass is 32.1. The van der Waals surface area contributed by atoms with Crippen molar-refractivity contribution in [1.29, 1.82) is 0 Å². The number of aliphatic hydroxyl groups is 1. The standard InChI is InChI=1S/C14H16OS/c1-11-3-2-4-13(9-11)14(15)6-5-12-7-8-16-10-12/h2-4,7-10,14-15H,5-6H2,1H3. The predicted octanol–water partition coefficient (Wildman–Crippen LogP) is 3.72. The zero-order chi connectivity index (χ0) is 11.4. The van der Waals surface area contributed by atoms with Gasteiger partial charge in [-0.3, -0.25) is 0 Å². The molecule has 1 aromatic carbocycles. The lowest BCUT2D eigenvalue weighted by Crippen LogP contribution is -1.99. The molecule has 1 heterocycles. The van der Waals surface area contributed by atoms with Crippen LogP contribution >= 0.6 is 11.3 Å². The van der Waals surface area contributed by atoms with E-state index in [1.807, 2.05) is 12.1 Å². The Morgan fingerprint density at radius 1 is 1.31 bits per heavy atom. The van der Waals surface area contributed by atoms with Gasteiger partial charge in [-0.15, -0.1) is 0 Å². The maximum Gasteiger partial charge on any atom is 0.0793 e. The number of rotatable bonds is 4. The first-order valence-electron chi connectivity index (χ1n) is 5.51. The van der Waals surface area contributed by atoms with Crippen molar-refractivity contribution < 1.29 is 5.11 Å². The summed E-state index contributed by atoms with van der Waals surface area (Å²) in [5.74, 6) is 0. The first-order chi connectivity index (χ1) is 7.75. The molecule has 1 unspecified atom stereocenters. The zero-order valence-electron chi connectivity index (χ0n) is 9.39. The molecule has 0 aliphatic rings. The molecule has 0 saturated carbocycles. The molecule has 0 aliphatic carbocycles. The largest absolute Gasteiger partial charge is 0.388 e. The minimum atomic E-state index is -0.347. The quantitative estimate of drug-likeness (QED) is 0.851. The first kappa shape index (κ1) is 11.4. The number of benzene rings is 1. The molecule has 0 fully saturated rings. The van der Waals surface area contributed by atoms with E-state index in [9.17, 15) is 5.11 Å². The molecule has 1 nitrogen and oxygen atoms in total. The molecule has 2 aromatic rings. The molecule has 0 bridgehead atoms. The zero-order valence-corrected chi connectivity index (χ0v) is 10.2. The Morgan fingerprint density at radius 2 is 2.19 bits per heavy atom. The molecule has 1 atom stereocenters. The van der Waals surface area contributed by atoms with E-state index in [-0.39, 0.29) is 6.10 Å². The molecule has 1 N–H and O–H groups in total. The van der Waals surface area contributed by atoms with Crippen LogP contribution in [0.1, 0.15) is 29.2 Å². The van der Waals surface area contributed by atoms with Gasteiger partial charge in [0.25, 0.3) is 0 Å². The Bertz CT molecular complexity index is 434. The number of aliphatic hydroxyl groups excluding tert-OH is 1. The molecule has 84 valence electrons. The van der Waals surface area contributed by atoms with Gasteiger partial charge in [0.1, 0.15) is 0 Å². The summed E-state index contributed by atoms with van der Waals surface area (Å²) in [5, 5.41) is 14.3. The molecular formula is C14H16OS. The van der Waals surface area contributed by atoms with Gasteiger partial charge in [-0.25, -0.2) is 0 Å². The minimum absolute atomic E-state index is 0.347. The van der Waals surface area contributed by atoms with E-state index in [1.165, 1.54) is 11.1 Å². The van der Waals surface area contributed by atoms with Crippen LogP contribution in [0.3, 0.4) is 0 Å². The topological polar surface area (TPSA) is 20.2 Å². The third-order valence-electron chi connectivity index (χ3n) is 2.71. The van der Waals surface area contributed by atoms with Crippen LogP contribution in [0.4, 0.5) is 0 Å². The van der Waals surface area contributed by atoms with Gasteiger partial charge in [0, 0.05) is 0 Å². The fraction of sp³-hybridized carbons (Fsp3) is 0.286. The monoisotopic (exact) mass is 232 g/mol. The summed E-state index contributed by atoms with van der Waals surface area (Å²) in [6.07, 6.45) is 1.39. The van der Waals surface area contributed by atoms with Crippen molar-refractivity contribution in [1.82, 2.24) is 0 Å². The molecule has 0 amide bonds. The highest BCUT2D eigenvalue weighted by Crippen LogP contribution is 2.20. The Hall–Kier alpha value is -1.12. The second-order valence-electron chi connectivity index (χ2n) is 4.10. The third kappa shape index (κ3) is 2.94. The summed E-state index contributed by atoms with van der Waals surface area (Å²) in [6, 6.07) is 10.2. The molecule has 2 rings (SSSR count). The minimum Gasteiger partial charge on any atom is -0.388 e. The van der Waals surface area contributed by atoms with Gasteiger partial charge in [0.05, 0.1) is 6.10 Å². The maximum absolute atomic E-state index is 10.0. The number of hydrogen-bond donors (Lipinski definition) is 1. The smallest absolute Gasteiger partial charge is 0.0793 e. The number of aryl methyl sites for hydroxylation is 2. The van der Waals surface area contributed by atoms with Gasteiger partial charge in [0.15, 0.2) is 0 Å². The molecule has 0 spiro atoms. The number of thiophene rings is 1. The third-order valence-corrected chi connectivity index (χ3v) is 3.45. The van der Waals surface area contributed by atoms with E-state index in [4.69, 9.17) is 0 Å². The maximum atomic E-state index is 10.0. The SMILES string of the molecule is Cc1cccc(C(O)CCc2ccsc2)c1. The predicted molar refractivity (Wildman–Crippen MR) is 68.8 cm³/mol. The molecular weight excluding hydrogens is 216 g/mol. The summed E-state index contributed by atoms with van der Waals surface area (Å²) >= 11 is 1.71. The number of hydrogen-bond acceptors (Lipinski definition) is 2. The van der Waals surface area contributed by atoms with E-state index < -0.39 is 0 Å². The first-order valence-corrected chi connectivity index (χ1v) is 6.45. The van der Waals surface area contributed by atoms with E-state index in [0.29, 0.717) is 0 Å². The highest BCUT2D eigenvalue weighted by molar-refractivity contribution is 7.07. The lowest BCUT2D eigenvalue weighted by Gasteiger charge is -2.10. The summed E-state index contributed by atoms with van der Waals surface area (Å²) in [4.78, 5) is 0. The normalized spacial score (nSPS) is 12.6.